The highest BCUT2D eigenvalue weighted by Crippen LogP contribution is 2.35. The minimum absolute atomic E-state index is 0.0617. The Bertz CT molecular complexity index is 723. The van der Waals surface area contributed by atoms with Gasteiger partial charge in [-0.1, -0.05) is 17.3 Å². The van der Waals surface area contributed by atoms with E-state index in [1.807, 2.05) is 18.2 Å². The highest BCUT2D eigenvalue weighted by atomic mass is 79.9. The summed E-state index contributed by atoms with van der Waals surface area (Å²) in [7, 11) is 0. The molecule has 1 unspecified atom stereocenters. The molecule has 0 aliphatic carbocycles. The summed E-state index contributed by atoms with van der Waals surface area (Å²) in [5.41, 5.74) is -1.16. The summed E-state index contributed by atoms with van der Waals surface area (Å²) in [6.45, 7) is 2.01. The number of benzene rings is 1. The number of hydrogen-bond acceptors (Lipinski definition) is 4. The number of carbonyl (C=O) groups excluding carboxylic acids is 1. The van der Waals surface area contributed by atoms with Crippen LogP contribution in [-0.4, -0.2) is 34.2 Å². The second-order valence-electron chi connectivity index (χ2n) is 5.55. The molecule has 0 radical (unpaired) electrons. The summed E-state index contributed by atoms with van der Waals surface area (Å²) in [6, 6.07) is 6.92. The quantitative estimate of drug-likeness (QED) is 0.860. The second kappa shape index (κ2) is 6.27. The summed E-state index contributed by atoms with van der Waals surface area (Å²) in [5, 5.41) is 6.42. The first kappa shape index (κ1) is 15.9. The van der Waals surface area contributed by atoms with Crippen molar-refractivity contribution in [2.45, 2.75) is 25.4 Å². The molecule has 6 nitrogen and oxygen atoms in total. The Morgan fingerprint density at radius 1 is 1.48 bits per heavy atom. The molecule has 0 saturated carbocycles. The maximum absolute atomic E-state index is 15.1. The molecule has 0 spiro atoms. The van der Waals surface area contributed by atoms with Gasteiger partial charge < -0.3 is 14.7 Å². The number of rotatable bonds is 2. The van der Waals surface area contributed by atoms with Crippen LogP contribution < -0.4 is 5.32 Å². The van der Waals surface area contributed by atoms with E-state index in [9.17, 15) is 4.79 Å². The van der Waals surface area contributed by atoms with Crippen LogP contribution in [0.4, 0.5) is 14.9 Å². The number of alkyl halides is 1. The molecule has 1 atom stereocenters. The van der Waals surface area contributed by atoms with E-state index in [-0.39, 0.29) is 24.9 Å². The van der Waals surface area contributed by atoms with Crippen molar-refractivity contribution in [3.63, 3.8) is 0 Å². The van der Waals surface area contributed by atoms with Gasteiger partial charge in [0.2, 0.25) is 5.67 Å². The number of carbonyl (C=O) groups is 1. The molecule has 2 aromatic rings. The van der Waals surface area contributed by atoms with Crippen LogP contribution in [0.25, 0.3) is 0 Å². The topological polar surface area (TPSA) is 71.3 Å². The number of likely N-dealkylation sites (tertiary alicyclic amines) is 1. The van der Waals surface area contributed by atoms with Gasteiger partial charge in [-0.15, -0.1) is 0 Å². The monoisotopic (exact) mass is 382 g/mol. The van der Waals surface area contributed by atoms with Crippen LogP contribution >= 0.6 is 15.9 Å². The third-order valence-electron chi connectivity index (χ3n) is 3.76. The minimum Gasteiger partial charge on any atom is -0.336 e. The lowest BCUT2D eigenvalue weighted by molar-refractivity contribution is 0.0333. The number of nitrogens with zero attached hydrogens (tertiary/aromatic N) is 3. The molecule has 1 aromatic heterocycles. The number of piperidine rings is 1. The molecule has 122 valence electrons. The van der Waals surface area contributed by atoms with Crippen LogP contribution in [0.1, 0.15) is 24.6 Å². The first-order valence-corrected chi connectivity index (χ1v) is 8.07. The van der Waals surface area contributed by atoms with Crippen LogP contribution in [0.5, 0.6) is 0 Å². The molecule has 23 heavy (non-hydrogen) atoms. The Morgan fingerprint density at radius 2 is 2.26 bits per heavy atom. The molecule has 2 heterocycles. The van der Waals surface area contributed by atoms with E-state index < -0.39 is 5.67 Å². The number of aryl methyl sites for hydroxylation is 1. The third-order valence-corrected chi connectivity index (χ3v) is 4.45. The molecule has 1 aromatic carbocycles. The van der Waals surface area contributed by atoms with Crippen molar-refractivity contribution in [3.8, 4) is 0 Å². The normalized spacial score (nSPS) is 21.3. The predicted molar refractivity (Wildman–Crippen MR) is 85.8 cm³/mol. The molecule has 3 rings (SSSR count). The molecule has 1 aliphatic heterocycles. The van der Waals surface area contributed by atoms with Crippen molar-refractivity contribution < 1.29 is 13.7 Å². The van der Waals surface area contributed by atoms with Crippen molar-refractivity contribution >= 4 is 27.6 Å². The number of amides is 2. The van der Waals surface area contributed by atoms with Crippen molar-refractivity contribution in [1.82, 2.24) is 15.0 Å². The van der Waals surface area contributed by atoms with Gasteiger partial charge in [0.15, 0.2) is 5.82 Å². The van der Waals surface area contributed by atoms with Crippen LogP contribution in [-0.2, 0) is 5.67 Å². The molecule has 1 fully saturated rings. The van der Waals surface area contributed by atoms with Crippen molar-refractivity contribution in [2.75, 3.05) is 18.4 Å². The van der Waals surface area contributed by atoms with Gasteiger partial charge in [0.25, 0.3) is 5.89 Å². The van der Waals surface area contributed by atoms with E-state index in [4.69, 9.17) is 4.52 Å². The number of anilines is 1. The zero-order chi connectivity index (χ0) is 16.4. The van der Waals surface area contributed by atoms with Crippen LogP contribution in [0.3, 0.4) is 0 Å². The van der Waals surface area contributed by atoms with Gasteiger partial charge in [0.1, 0.15) is 0 Å². The summed E-state index contributed by atoms with van der Waals surface area (Å²) in [4.78, 5) is 17.8. The average molecular weight is 383 g/mol. The predicted octanol–water partition coefficient (Wildman–Crippen LogP) is 3.63. The number of nitrogens with one attached hydrogen (secondary N) is 1. The Labute approximate surface area is 141 Å². The van der Waals surface area contributed by atoms with Crippen LogP contribution in [0.2, 0.25) is 0 Å². The number of para-hydroxylation sites is 1. The van der Waals surface area contributed by atoms with Gasteiger partial charge in [0, 0.05) is 11.0 Å². The van der Waals surface area contributed by atoms with Gasteiger partial charge in [0.05, 0.1) is 12.2 Å². The first-order chi connectivity index (χ1) is 11.0. The SMILES string of the molecule is Cc1noc(C2(F)CCCN(C(=O)Nc3ccccc3Br)C2)n1. The van der Waals surface area contributed by atoms with Crippen molar-refractivity contribution in [2.24, 2.45) is 0 Å². The second-order valence-corrected chi connectivity index (χ2v) is 6.40. The lowest BCUT2D eigenvalue weighted by Gasteiger charge is -2.35. The lowest BCUT2D eigenvalue weighted by Crippen LogP contribution is -2.48. The average Bonchev–Trinajstić information content (AvgIpc) is 2.97. The lowest BCUT2D eigenvalue weighted by atomic mass is 9.95. The molecule has 0 bridgehead atoms. The van der Waals surface area contributed by atoms with Crippen molar-refractivity contribution in [1.29, 1.82) is 0 Å². The highest BCUT2D eigenvalue weighted by Gasteiger charge is 2.43. The first-order valence-electron chi connectivity index (χ1n) is 7.28. The van der Waals surface area contributed by atoms with Crippen molar-refractivity contribution in [3.05, 3.63) is 40.5 Å². The molecule has 2 amide bonds. The zero-order valence-electron chi connectivity index (χ0n) is 12.6. The van der Waals surface area contributed by atoms with E-state index >= 15 is 4.39 Å². The molecule has 1 saturated heterocycles. The number of halogens is 2. The zero-order valence-corrected chi connectivity index (χ0v) is 14.1. The Hall–Kier alpha value is -1.96. The molecular weight excluding hydrogens is 367 g/mol. The Kier molecular flexibility index (Phi) is 4.34. The van der Waals surface area contributed by atoms with Gasteiger partial charge in [-0.05, 0) is 47.8 Å². The number of urea groups is 1. The fourth-order valence-electron chi connectivity index (χ4n) is 2.59. The van der Waals surface area contributed by atoms with E-state index in [1.54, 1.807) is 13.0 Å². The van der Waals surface area contributed by atoms with E-state index in [0.29, 0.717) is 24.5 Å². The van der Waals surface area contributed by atoms with Crippen LogP contribution in [0.15, 0.2) is 33.3 Å². The number of hydrogen-bond donors (Lipinski definition) is 1. The van der Waals surface area contributed by atoms with Gasteiger partial charge in [-0.2, -0.15) is 4.98 Å². The number of aromatic nitrogens is 2. The summed E-state index contributed by atoms with van der Waals surface area (Å²) in [6.07, 6.45) is 0.786. The maximum atomic E-state index is 15.1. The summed E-state index contributed by atoms with van der Waals surface area (Å²) >= 11 is 3.37. The van der Waals surface area contributed by atoms with E-state index in [2.05, 4.69) is 31.4 Å². The smallest absolute Gasteiger partial charge is 0.321 e. The Balaban J connectivity index is 1.73. The third kappa shape index (κ3) is 3.36. The molecular formula is C15H16BrFN4O2. The largest absolute Gasteiger partial charge is 0.336 e. The van der Waals surface area contributed by atoms with E-state index in [0.717, 1.165) is 4.47 Å². The van der Waals surface area contributed by atoms with Gasteiger partial charge in [-0.3, -0.25) is 0 Å². The van der Waals surface area contributed by atoms with Gasteiger partial charge in [-0.25, -0.2) is 9.18 Å². The maximum Gasteiger partial charge on any atom is 0.321 e. The standard InChI is InChI=1S/C15H16BrFN4O2/c1-10-18-13(23-20-10)15(17)7-4-8-21(9-15)14(22)19-12-6-3-2-5-11(12)16/h2-3,5-6H,4,7-9H2,1H3,(H,19,22). The minimum atomic E-state index is -1.80. The molecule has 8 heteroatoms. The summed E-state index contributed by atoms with van der Waals surface area (Å²) < 4.78 is 20.9. The molecule has 1 N–H and O–H groups in total. The Morgan fingerprint density at radius 3 is 2.96 bits per heavy atom. The fourth-order valence-corrected chi connectivity index (χ4v) is 2.98. The van der Waals surface area contributed by atoms with E-state index in [1.165, 1.54) is 4.90 Å². The summed E-state index contributed by atoms with van der Waals surface area (Å²) in [5.74, 6) is 0.320. The molecule has 1 aliphatic rings. The highest BCUT2D eigenvalue weighted by molar-refractivity contribution is 9.10. The fraction of sp³-hybridized carbons (Fsp3) is 0.400. The van der Waals surface area contributed by atoms with Crippen LogP contribution in [0, 0.1) is 6.92 Å². The van der Waals surface area contributed by atoms with Gasteiger partial charge >= 0.3 is 6.03 Å².